The number of carbonyl (C=O) groups excluding carboxylic acids is 2. The molecule has 2 aromatic rings. The number of esters is 1. The molecular formula is C22H27NO4. The lowest BCUT2D eigenvalue weighted by Crippen LogP contribution is -2.48. The largest absolute Gasteiger partial charge is 0.467 e. The maximum atomic E-state index is 12.7. The van der Waals surface area contributed by atoms with Crippen molar-refractivity contribution in [2.24, 2.45) is 0 Å². The van der Waals surface area contributed by atoms with Gasteiger partial charge in [0, 0.05) is 13.0 Å². The number of amides is 1. The minimum absolute atomic E-state index is 0.391. The van der Waals surface area contributed by atoms with Crippen LogP contribution in [0, 0.1) is 0 Å². The zero-order valence-corrected chi connectivity index (χ0v) is 16.5. The van der Waals surface area contributed by atoms with E-state index in [1.807, 2.05) is 60.7 Å². The van der Waals surface area contributed by atoms with Crippen molar-refractivity contribution in [2.45, 2.75) is 38.3 Å². The summed E-state index contributed by atoms with van der Waals surface area (Å²) in [5.41, 5.74) is 1.16. The van der Waals surface area contributed by atoms with Crippen LogP contribution < -0.4 is 0 Å². The van der Waals surface area contributed by atoms with Gasteiger partial charge in [0.25, 0.3) is 0 Å². The summed E-state index contributed by atoms with van der Waals surface area (Å²) in [6.45, 7) is 5.37. The van der Waals surface area contributed by atoms with Gasteiger partial charge in [-0.15, -0.1) is 0 Å². The van der Waals surface area contributed by atoms with Crippen LogP contribution in [0.3, 0.4) is 0 Å². The summed E-state index contributed by atoms with van der Waals surface area (Å²) in [6, 6.07) is 18.4. The van der Waals surface area contributed by atoms with E-state index in [1.165, 1.54) is 12.0 Å². The van der Waals surface area contributed by atoms with Crippen molar-refractivity contribution in [3.8, 4) is 0 Å². The number of hydrogen-bond donors (Lipinski definition) is 0. The van der Waals surface area contributed by atoms with Crippen LogP contribution in [0.1, 0.15) is 37.8 Å². The minimum atomic E-state index is -0.866. The zero-order chi connectivity index (χ0) is 20.0. The van der Waals surface area contributed by atoms with Crippen LogP contribution in [-0.4, -0.2) is 42.8 Å². The van der Waals surface area contributed by atoms with Gasteiger partial charge >= 0.3 is 12.1 Å². The molecule has 1 amide bonds. The quantitative estimate of drug-likeness (QED) is 0.740. The van der Waals surface area contributed by atoms with Gasteiger partial charge in [-0.1, -0.05) is 60.7 Å². The molecule has 0 radical (unpaired) electrons. The van der Waals surface area contributed by atoms with Gasteiger partial charge in [-0.25, -0.2) is 9.59 Å². The molecule has 2 aromatic carbocycles. The van der Waals surface area contributed by atoms with E-state index in [0.29, 0.717) is 0 Å². The van der Waals surface area contributed by atoms with E-state index in [1.54, 1.807) is 27.8 Å². The molecule has 0 unspecified atom stereocenters. The molecule has 5 nitrogen and oxygen atoms in total. The SMILES string of the molecule is COC(=O)[C@H](C(c1ccccc1)c1ccccc1)N(C)C(=O)OC(C)(C)C. The Kier molecular flexibility index (Phi) is 6.61. The fourth-order valence-electron chi connectivity index (χ4n) is 2.96. The molecule has 0 aliphatic heterocycles. The molecule has 0 aliphatic rings. The van der Waals surface area contributed by atoms with E-state index in [0.717, 1.165) is 11.1 Å². The van der Waals surface area contributed by atoms with Crippen LogP contribution in [-0.2, 0) is 14.3 Å². The first kappa shape index (κ1) is 20.5. The highest BCUT2D eigenvalue weighted by Crippen LogP contribution is 2.32. The standard InChI is InChI=1S/C22H27NO4/c1-22(2,3)27-21(25)23(4)19(20(24)26-5)18(16-12-8-6-9-13-16)17-14-10-7-11-15-17/h6-15,18-19H,1-5H3/t19-/m0/s1. The molecule has 0 fully saturated rings. The second-order valence-corrected chi connectivity index (χ2v) is 7.36. The number of methoxy groups -OCH3 is 1. The second kappa shape index (κ2) is 8.71. The highest BCUT2D eigenvalue weighted by molar-refractivity contribution is 5.83. The van der Waals surface area contributed by atoms with Crippen molar-refractivity contribution in [1.29, 1.82) is 0 Å². The Hall–Kier alpha value is -2.82. The van der Waals surface area contributed by atoms with E-state index in [4.69, 9.17) is 9.47 Å². The number of hydrogen-bond acceptors (Lipinski definition) is 4. The van der Waals surface area contributed by atoms with Crippen LogP contribution in [0.5, 0.6) is 0 Å². The smallest absolute Gasteiger partial charge is 0.410 e. The third kappa shape index (κ3) is 5.33. The number of likely N-dealkylation sites (N-methyl/N-ethyl adjacent to an activating group) is 1. The van der Waals surface area contributed by atoms with Gasteiger partial charge in [-0.05, 0) is 31.9 Å². The lowest BCUT2D eigenvalue weighted by molar-refractivity contribution is -0.146. The summed E-state index contributed by atoms with van der Waals surface area (Å²) in [5.74, 6) is -0.890. The molecule has 0 aliphatic carbocycles. The Balaban J connectivity index is 2.52. The maximum absolute atomic E-state index is 12.7. The summed E-state index contributed by atoms with van der Waals surface area (Å²) in [5, 5.41) is 0. The molecule has 0 heterocycles. The molecule has 144 valence electrons. The Morgan fingerprint density at radius 1 is 0.889 bits per heavy atom. The summed E-state index contributed by atoms with van der Waals surface area (Å²) >= 11 is 0. The van der Waals surface area contributed by atoms with Gasteiger partial charge in [0.05, 0.1) is 7.11 Å². The van der Waals surface area contributed by atoms with Crippen LogP contribution in [0.2, 0.25) is 0 Å². The normalized spacial score (nSPS) is 12.4. The Bertz CT molecular complexity index is 713. The van der Waals surface area contributed by atoms with Gasteiger partial charge in [0.1, 0.15) is 11.6 Å². The first-order chi connectivity index (χ1) is 12.7. The van der Waals surface area contributed by atoms with Crippen molar-refractivity contribution in [3.05, 3.63) is 71.8 Å². The molecule has 27 heavy (non-hydrogen) atoms. The zero-order valence-electron chi connectivity index (χ0n) is 16.5. The third-order valence-corrected chi connectivity index (χ3v) is 4.17. The van der Waals surface area contributed by atoms with E-state index in [9.17, 15) is 9.59 Å². The molecule has 0 saturated carbocycles. The number of rotatable bonds is 5. The van der Waals surface area contributed by atoms with Crippen molar-refractivity contribution in [1.82, 2.24) is 4.90 Å². The van der Waals surface area contributed by atoms with Gasteiger partial charge in [0.2, 0.25) is 0 Å². The van der Waals surface area contributed by atoms with Crippen molar-refractivity contribution < 1.29 is 19.1 Å². The molecule has 0 bridgehead atoms. The van der Waals surface area contributed by atoms with Crippen LogP contribution in [0.25, 0.3) is 0 Å². The van der Waals surface area contributed by atoms with Gasteiger partial charge in [-0.3, -0.25) is 4.90 Å². The van der Waals surface area contributed by atoms with Gasteiger partial charge in [0.15, 0.2) is 0 Å². The molecule has 0 N–H and O–H groups in total. The number of ether oxygens (including phenoxy) is 2. The molecule has 1 atom stereocenters. The first-order valence-corrected chi connectivity index (χ1v) is 8.88. The Labute approximate surface area is 160 Å². The first-order valence-electron chi connectivity index (χ1n) is 8.88. The van der Waals surface area contributed by atoms with E-state index < -0.39 is 29.6 Å². The van der Waals surface area contributed by atoms with Crippen LogP contribution in [0.4, 0.5) is 4.79 Å². The van der Waals surface area contributed by atoms with E-state index >= 15 is 0 Å². The van der Waals surface area contributed by atoms with Crippen molar-refractivity contribution in [3.63, 3.8) is 0 Å². The minimum Gasteiger partial charge on any atom is -0.467 e. The average molecular weight is 369 g/mol. The summed E-state index contributed by atoms with van der Waals surface area (Å²) in [7, 11) is 2.89. The Morgan fingerprint density at radius 2 is 1.33 bits per heavy atom. The van der Waals surface area contributed by atoms with Gasteiger partial charge < -0.3 is 9.47 Å². The highest BCUT2D eigenvalue weighted by atomic mass is 16.6. The van der Waals surface area contributed by atoms with Gasteiger partial charge in [-0.2, -0.15) is 0 Å². The second-order valence-electron chi connectivity index (χ2n) is 7.36. The lowest BCUT2D eigenvalue weighted by Gasteiger charge is -2.34. The predicted molar refractivity (Wildman–Crippen MR) is 105 cm³/mol. The maximum Gasteiger partial charge on any atom is 0.410 e. The monoisotopic (exact) mass is 369 g/mol. The molecule has 0 aromatic heterocycles. The fourth-order valence-corrected chi connectivity index (χ4v) is 2.96. The predicted octanol–water partition coefficient (Wildman–Crippen LogP) is 4.23. The number of benzene rings is 2. The summed E-state index contributed by atoms with van der Waals surface area (Å²) in [4.78, 5) is 26.7. The third-order valence-electron chi connectivity index (χ3n) is 4.17. The lowest BCUT2D eigenvalue weighted by atomic mass is 9.84. The topological polar surface area (TPSA) is 55.8 Å². The van der Waals surface area contributed by atoms with Crippen molar-refractivity contribution >= 4 is 12.1 Å². The summed E-state index contributed by atoms with van der Waals surface area (Å²) in [6.07, 6.45) is -0.574. The number of carbonyl (C=O) groups is 2. The average Bonchev–Trinajstić information content (AvgIpc) is 2.65. The summed E-state index contributed by atoms with van der Waals surface area (Å²) < 4.78 is 10.5. The molecule has 2 rings (SSSR count). The molecule has 5 heteroatoms. The number of nitrogens with zero attached hydrogens (tertiary/aromatic N) is 1. The molecule has 0 spiro atoms. The van der Waals surface area contributed by atoms with Crippen molar-refractivity contribution in [2.75, 3.05) is 14.2 Å². The highest BCUT2D eigenvalue weighted by Gasteiger charge is 2.38. The fraction of sp³-hybridized carbons (Fsp3) is 0.364. The molecular weight excluding hydrogens is 342 g/mol. The molecule has 0 saturated heterocycles. The Morgan fingerprint density at radius 3 is 1.70 bits per heavy atom. The van der Waals surface area contributed by atoms with Crippen LogP contribution >= 0.6 is 0 Å². The van der Waals surface area contributed by atoms with E-state index in [-0.39, 0.29) is 0 Å². The van der Waals surface area contributed by atoms with E-state index in [2.05, 4.69) is 0 Å². The van der Waals surface area contributed by atoms with Crippen LogP contribution in [0.15, 0.2) is 60.7 Å².